The first-order valence-corrected chi connectivity index (χ1v) is 14.7. The average molecular weight is 509 g/mol. The number of esters is 1. The Morgan fingerprint density at radius 1 is 1.00 bits per heavy atom. The van der Waals surface area contributed by atoms with Crippen molar-refractivity contribution in [3.05, 3.63) is 24.3 Å². The molecule has 4 saturated carbocycles. The lowest BCUT2D eigenvalue weighted by Crippen LogP contribution is -2.66. The van der Waals surface area contributed by atoms with E-state index in [4.69, 9.17) is 4.74 Å². The van der Waals surface area contributed by atoms with Crippen LogP contribution in [0.1, 0.15) is 106 Å². The Kier molecular flexibility index (Phi) is 5.92. The van der Waals surface area contributed by atoms with Gasteiger partial charge in [0.25, 0.3) is 0 Å². The molecule has 0 saturated heterocycles. The Labute approximate surface area is 224 Å². The summed E-state index contributed by atoms with van der Waals surface area (Å²) < 4.78 is 5.56. The molecule has 4 heteroatoms. The molecule has 0 spiro atoms. The van der Waals surface area contributed by atoms with Crippen LogP contribution in [0.2, 0.25) is 0 Å². The molecule has 5 aliphatic rings. The summed E-state index contributed by atoms with van der Waals surface area (Å²) in [6, 6.07) is 0. The van der Waals surface area contributed by atoms with Crippen LogP contribution in [0.5, 0.6) is 0 Å². The van der Waals surface area contributed by atoms with Crippen LogP contribution in [0.25, 0.3) is 0 Å². The van der Waals surface area contributed by atoms with E-state index in [1.54, 1.807) is 6.08 Å². The van der Waals surface area contributed by atoms with Crippen LogP contribution in [0.4, 0.5) is 0 Å². The third-order valence-corrected chi connectivity index (χ3v) is 13.1. The van der Waals surface area contributed by atoms with E-state index in [0.717, 1.165) is 51.4 Å². The summed E-state index contributed by atoms with van der Waals surface area (Å²) in [7, 11) is 0. The highest BCUT2D eigenvalue weighted by Crippen LogP contribution is 2.74. The van der Waals surface area contributed by atoms with Gasteiger partial charge in [0.05, 0.1) is 5.41 Å². The molecule has 0 heterocycles. The normalized spacial score (nSPS) is 48.5. The summed E-state index contributed by atoms with van der Waals surface area (Å²) in [4.78, 5) is 40.5. The van der Waals surface area contributed by atoms with Gasteiger partial charge in [0.1, 0.15) is 12.4 Å². The second-order valence-corrected chi connectivity index (χ2v) is 15.3. The standard InChI is InChI=1S/C33H48O4/c1-9-18-37-27(36)30(5)15-14-29(4)16-17-32(7)21(22(29)20-30)19-23(34)26-31(6)12-11-25(35)28(2,3)24(31)10-13-33(26,32)8/h9,19,22,24,26H,1,10-18,20H2,2-8H3/t22-,24+,26-,29-,30+,31+,32-,33-/m1/s1. The molecule has 0 unspecified atom stereocenters. The van der Waals surface area contributed by atoms with E-state index in [9.17, 15) is 14.4 Å². The molecule has 0 aromatic carbocycles. The zero-order chi connectivity index (χ0) is 27.2. The monoisotopic (exact) mass is 508 g/mol. The lowest BCUT2D eigenvalue weighted by atomic mass is 9.33. The smallest absolute Gasteiger partial charge is 0.312 e. The molecule has 0 aromatic heterocycles. The van der Waals surface area contributed by atoms with Crippen molar-refractivity contribution in [1.29, 1.82) is 0 Å². The summed E-state index contributed by atoms with van der Waals surface area (Å²) in [5.74, 6) is 0.902. The van der Waals surface area contributed by atoms with E-state index in [2.05, 4.69) is 55.0 Å². The van der Waals surface area contributed by atoms with Gasteiger partial charge in [0.15, 0.2) is 5.78 Å². The molecule has 0 bridgehead atoms. The van der Waals surface area contributed by atoms with Gasteiger partial charge in [-0.3, -0.25) is 14.4 Å². The molecule has 0 aliphatic heterocycles. The van der Waals surface area contributed by atoms with Crippen molar-refractivity contribution in [3.8, 4) is 0 Å². The van der Waals surface area contributed by atoms with Crippen molar-refractivity contribution in [3.63, 3.8) is 0 Å². The lowest BCUT2D eigenvalue weighted by molar-refractivity contribution is -0.188. The van der Waals surface area contributed by atoms with E-state index < -0.39 is 5.41 Å². The fourth-order valence-corrected chi connectivity index (χ4v) is 10.5. The number of ether oxygens (including phenoxy) is 1. The van der Waals surface area contributed by atoms with Gasteiger partial charge in [-0.25, -0.2) is 0 Å². The Bertz CT molecular complexity index is 1080. The maximum Gasteiger partial charge on any atom is 0.312 e. The highest BCUT2D eigenvalue weighted by molar-refractivity contribution is 5.96. The minimum Gasteiger partial charge on any atom is -0.461 e. The highest BCUT2D eigenvalue weighted by Gasteiger charge is 2.70. The average Bonchev–Trinajstić information content (AvgIpc) is 2.82. The molecule has 0 amide bonds. The van der Waals surface area contributed by atoms with Crippen molar-refractivity contribution in [2.24, 2.45) is 50.2 Å². The number of allylic oxidation sites excluding steroid dienone is 2. The van der Waals surface area contributed by atoms with E-state index in [-0.39, 0.29) is 63.2 Å². The third-order valence-electron chi connectivity index (χ3n) is 13.1. The Balaban J connectivity index is 1.57. The fourth-order valence-electron chi connectivity index (χ4n) is 10.5. The fraction of sp³-hybridized carbons (Fsp3) is 0.788. The molecular formula is C33H48O4. The molecule has 0 aromatic rings. The van der Waals surface area contributed by atoms with Crippen molar-refractivity contribution in [2.45, 2.75) is 106 Å². The van der Waals surface area contributed by atoms with Crippen LogP contribution in [-0.4, -0.2) is 24.1 Å². The third kappa shape index (κ3) is 3.42. The predicted molar refractivity (Wildman–Crippen MR) is 146 cm³/mol. The van der Waals surface area contributed by atoms with Crippen molar-refractivity contribution < 1.29 is 19.1 Å². The molecule has 37 heavy (non-hydrogen) atoms. The van der Waals surface area contributed by atoms with Gasteiger partial charge in [-0.15, -0.1) is 0 Å². The second kappa shape index (κ2) is 8.15. The lowest BCUT2D eigenvalue weighted by Gasteiger charge is -2.69. The first-order chi connectivity index (χ1) is 17.1. The van der Waals surface area contributed by atoms with Crippen molar-refractivity contribution in [2.75, 3.05) is 6.61 Å². The zero-order valence-corrected chi connectivity index (χ0v) is 24.3. The van der Waals surface area contributed by atoms with Gasteiger partial charge < -0.3 is 4.74 Å². The maximum absolute atomic E-state index is 14.3. The topological polar surface area (TPSA) is 60.4 Å². The van der Waals surface area contributed by atoms with Gasteiger partial charge >= 0.3 is 5.97 Å². The van der Waals surface area contributed by atoms with Crippen molar-refractivity contribution in [1.82, 2.24) is 0 Å². The number of hydrogen-bond acceptors (Lipinski definition) is 4. The molecule has 0 N–H and O–H groups in total. The number of fused-ring (bicyclic) bond motifs is 7. The van der Waals surface area contributed by atoms with E-state index >= 15 is 0 Å². The van der Waals surface area contributed by atoms with E-state index in [1.165, 1.54) is 5.57 Å². The SMILES string of the molecule is C=CCOC(=O)[C@@]1(C)CC[C@]2(C)CC[C@]3(C)C(=CC(=O)[C@@H]4[C@@]5(C)CCC(=O)C(C)(C)[C@@H]5CC[C@]43C)[C@H]2C1. The van der Waals surface area contributed by atoms with E-state index in [0.29, 0.717) is 12.2 Å². The number of Topliss-reactive ketones (excluding diaryl/α,β-unsaturated/α-hetero) is 1. The van der Waals surface area contributed by atoms with Crippen LogP contribution in [0.15, 0.2) is 24.3 Å². The maximum atomic E-state index is 14.3. The molecule has 8 atom stereocenters. The molecular weight excluding hydrogens is 460 g/mol. The quantitative estimate of drug-likeness (QED) is 0.297. The summed E-state index contributed by atoms with van der Waals surface area (Å²) in [5.41, 5.74) is 0.107. The highest BCUT2D eigenvalue weighted by atomic mass is 16.5. The zero-order valence-electron chi connectivity index (χ0n) is 24.3. The molecule has 5 rings (SSSR count). The number of carbonyl (C=O) groups excluding carboxylic acids is 3. The minimum atomic E-state index is -0.537. The molecule has 4 fully saturated rings. The number of carbonyl (C=O) groups is 3. The summed E-state index contributed by atoms with van der Waals surface area (Å²) in [5, 5.41) is 0. The van der Waals surface area contributed by atoms with Gasteiger partial charge in [-0.1, -0.05) is 59.8 Å². The second-order valence-electron chi connectivity index (χ2n) is 15.3. The van der Waals surface area contributed by atoms with Crippen LogP contribution in [0.3, 0.4) is 0 Å². The minimum absolute atomic E-state index is 0.0586. The summed E-state index contributed by atoms with van der Waals surface area (Å²) in [6.45, 7) is 19.8. The summed E-state index contributed by atoms with van der Waals surface area (Å²) in [6.07, 6.45) is 11.8. The van der Waals surface area contributed by atoms with Gasteiger partial charge in [-0.05, 0) is 97.9 Å². The summed E-state index contributed by atoms with van der Waals surface area (Å²) >= 11 is 0. The molecule has 0 radical (unpaired) electrons. The number of rotatable bonds is 3. The first kappa shape index (κ1) is 26.9. The van der Waals surface area contributed by atoms with Gasteiger partial charge in [-0.2, -0.15) is 0 Å². The van der Waals surface area contributed by atoms with Crippen LogP contribution in [-0.2, 0) is 19.1 Å². The Hall–Kier alpha value is -1.71. The number of ketones is 2. The van der Waals surface area contributed by atoms with Crippen LogP contribution < -0.4 is 0 Å². The van der Waals surface area contributed by atoms with Crippen LogP contribution >= 0.6 is 0 Å². The molecule has 204 valence electrons. The molecule has 4 nitrogen and oxygen atoms in total. The van der Waals surface area contributed by atoms with E-state index in [1.807, 2.05) is 6.08 Å². The number of hydrogen-bond donors (Lipinski definition) is 0. The first-order valence-electron chi connectivity index (χ1n) is 14.7. The largest absolute Gasteiger partial charge is 0.461 e. The van der Waals surface area contributed by atoms with Gasteiger partial charge in [0.2, 0.25) is 0 Å². The van der Waals surface area contributed by atoms with Gasteiger partial charge in [0, 0.05) is 17.8 Å². The Morgan fingerprint density at radius 2 is 1.68 bits per heavy atom. The predicted octanol–water partition coefficient (Wildman–Crippen LogP) is 7.27. The van der Waals surface area contributed by atoms with Crippen LogP contribution in [0, 0.1) is 50.2 Å². The van der Waals surface area contributed by atoms with Crippen molar-refractivity contribution >= 4 is 17.5 Å². The Morgan fingerprint density at radius 3 is 2.35 bits per heavy atom. The molecule has 5 aliphatic carbocycles.